The summed E-state index contributed by atoms with van der Waals surface area (Å²) >= 11 is 1.62. The van der Waals surface area contributed by atoms with Gasteiger partial charge in [-0.15, -0.1) is 11.3 Å². The van der Waals surface area contributed by atoms with Crippen LogP contribution in [-0.2, 0) is 17.9 Å². The second-order valence-corrected chi connectivity index (χ2v) is 7.71. The molecule has 1 amide bonds. The molecule has 27 heavy (non-hydrogen) atoms. The van der Waals surface area contributed by atoms with Gasteiger partial charge in [0.25, 0.3) is 0 Å². The Morgan fingerprint density at radius 3 is 2.93 bits per heavy atom. The monoisotopic (exact) mass is 389 g/mol. The zero-order valence-electron chi connectivity index (χ0n) is 16.0. The fourth-order valence-electron chi connectivity index (χ4n) is 3.14. The van der Waals surface area contributed by atoms with Crippen molar-refractivity contribution in [1.29, 1.82) is 0 Å². The number of benzene rings is 1. The summed E-state index contributed by atoms with van der Waals surface area (Å²) in [5.41, 5.74) is 2.07. The summed E-state index contributed by atoms with van der Waals surface area (Å²) in [4.78, 5) is 18.0. The van der Waals surface area contributed by atoms with Crippen LogP contribution in [0.25, 0.3) is 0 Å². The van der Waals surface area contributed by atoms with Crippen LogP contribution in [-0.4, -0.2) is 42.5 Å². The van der Waals surface area contributed by atoms with E-state index in [1.807, 2.05) is 35.4 Å². The highest BCUT2D eigenvalue weighted by Crippen LogP contribution is 2.29. The van der Waals surface area contributed by atoms with Gasteiger partial charge in [0, 0.05) is 31.4 Å². The summed E-state index contributed by atoms with van der Waals surface area (Å²) in [7, 11) is 1.65. The number of thiazole rings is 1. The second-order valence-electron chi connectivity index (χ2n) is 6.65. The quantitative estimate of drug-likeness (QED) is 0.633. The molecule has 2 heterocycles. The summed E-state index contributed by atoms with van der Waals surface area (Å²) in [6.07, 6.45) is 2.68. The molecule has 0 atom stereocenters. The molecule has 0 unspecified atom stereocenters. The number of ether oxygens (including phenoxy) is 2. The average molecular weight is 390 g/mol. The fraction of sp³-hybridized carbons (Fsp3) is 0.500. The van der Waals surface area contributed by atoms with Crippen molar-refractivity contribution in [3.05, 3.63) is 39.8 Å². The predicted molar refractivity (Wildman–Crippen MR) is 106 cm³/mol. The molecule has 146 valence electrons. The van der Waals surface area contributed by atoms with Crippen molar-refractivity contribution in [2.24, 2.45) is 0 Å². The number of hydrogen-bond donors (Lipinski definition) is 1. The van der Waals surface area contributed by atoms with Crippen LogP contribution >= 0.6 is 11.3 Å². The average Bonchev–Trinajstić information content (AvgIpc) is 3.28. The van der Waals surface area contributed by atoms with Gasteiger partial charge in [-0.3, -0.25) is 4.79 Å². The van der Waals surface area contributed by atoms with Gasteiger partial charge >= 0.3 is 0 Å². The Bertz CT molecular complexity index is 763. The zero-order chi connectivity index (χ0) is 19.1. The zero-order valence-corrected chi connectivity index (χ0v) is 16.8. The molecule has 7 heteroatoms. The molecule has 6 nitrogen and oxygen atoms in total. The van der Waals surface area contributed by atoms with Crippen LogP contribution in [0.5, 0.6) is 11.5 Å². The van der Waals surface area contributed by atoms with Gasteiger partial charge in [0.2, 0.25) is 5.91 Å². The van der Waals surface area contributed by atoms with E-state index in [4.69, 9.17) is 9.47 Å². The van der Waals surface area contributed by atoms with Crippen LogP contribution in [0.2, 0.25) is 0 Å². The predicted octanol–water partition coefficient (Wildman–Crippen LogP) is 3.14. The van der Waals surface area contributed by atoms with Gasteiger partial charge < -0.3 is 19.7 Å². The molecule has 1 aliphatic heterocycles. The molecule has 3 rings (SSSR count). The summed E-state index contributed by atoms with van der Waals surface area (Å²) in [5, 5.41) is 6.48. The summed E-state index contributed by atoms with van der Waals surface area (Å²) < 4.78 is 11.3. The van der Waals surface area contributed by atoms with Crippen LogP contribution in [0.4, 0.5) is 0 Å². The molecule has 0 radical (unpaired) electrons. The molecule has 2 aromatic rings. The van der Waals surface area contributed by atoms with Crippen LogP contribution in [0.15, 0.2) is 23.6 Å². The summed E-state index contributed by atoms with van der Waals surface area (Å²) in [6.45, 7) is 5.83. The van der Waals surface area contributed by atoms with Crippen molar-refractivity contribution in [3.63, 3.8) is 0 Å². The Balaban J connectivity index is 1.43. The topological polar surface area (TPSA) is 63.7 Å². The highest BCUT2D eigenvalue weighted by Gasteiger charge is 2.18. The Morgan fingerprint density at radius 1 is 1.33 bits per heavy atom. The number of carbonyl (C=O) groups is 1. The molecule has 0 saturated carbocycles. The highest BCUT2D eigenvalue weighted by atomic mass is 32.1. The van der Waals surface area contributed by atoms with E-state index in [-0.39, 0.29) is 0 Å². The van der Waals surface area contributed by atoms with E-state index in [2.05, 4.69) is 10.3 Å². The number of nitrogens with zero attached hydrogens (tertiary/aromatic N) is 2. The minimum Gasteiger partial charge on any atom is -0.493 e. The van der Waals surface area contributed by atoms with Crippen LogP contribution in [0.3, 0.4) is 0 Å². The lowest BCUT2D eigenvalue weighted by Gasteiger charge is -2.15. The molecule has 1 aliphatic rings. The minimum absolute atomic E-state index is 0.295. The van der Waals surface area contributed by atoms with Gasteiger partial charge in [0.1, 0.15) is 6.61 Å². The number of aromatic nitrogens is 1. The largest absolute Gasteiger partial charge is 0.493 e. The molecular formula is C20H27N3O3S. The van der Waals surface area contributed by atoms with E-state index in [0.717, 1.165) is 66.8 Å². The van der Waals surface area contributed by atoms with Gasteiger partial charge in [-0.05, 0) is 44.0 Å². The number of amides is 1. The number of carbonyl (C=O) groups excluding carboxylic acids is 1. The molecule has 0 bridgehead atoms. The number of rotatable bonds is 10. The van der Waals surface area contributed by atoms with E-state index in [1.54, 1.807) is 18.4 Å². The van der Waals surface area contributed by atoms with E-state index in [1.165, 1.54) is 0 Å². The van der Waals surface area contributed by atoms with Crippen LogP contribution < -0.4 is 14.8 Å². The lowest BCUT2D eigenvalue weighted by molar-refractivity contribution is -0.127. The number of hydrogen-bond acceptors (Lipinski definition) is 6. The summed E-state index contributed by atoms with van der Waals surface area (Å²) in [5.74, 6) is 1.74. The molecule has 1 fully saturated rings. The molecule has 0 aliphatic carbocycles. The molecule has 1 saturated heterocycles. The fourth-order valence-corrected chi connectivity index (χ4v) is 3.73. The smallest absolute Gasteiger partial charge is 0.222 e. The third-order valence-electron chi connectivity index (χ3n) is 4.55. The molecular weight excluding hydrogens is 362 g/mol. The number of nitrogens with one attached hydrogen (secondary N) is 1. The van der Waals surface area contributed by atoms with Crippen molar-refractivity contribution >= 4 is 17.2 Å². The first kappa shape index (κ1) is 19.6. The Labute approximate surface area is 164 Å². The first-order valence-corrected chi connectivity index (χ1v) is 10.2. The number of likely N-dealkylation sites (tertiary alicyclic amines) is 1. The highest BCUT2D eigenvalue weighted by molar-refractivity contribution is 7.09. The van der Waals surface area contributed by atoms with Crippen molar-refractivity contribution in [1.82, 2.24) is 15.2 Å². The Morgan fingerprint density at radius 2 is 2.22 bits per heavy atom. The first-order chi connectivity index (χ1) is 13.2. The normalized spacial score (nSPS) is 14.0. The van der Waals surface area contributed by atoms with Gasteiger partial charge in [0.15, 0.2) is 11.5 Å². The second kappa shape index (κ2) is 9.71. The SMILES string of the molecule is COc1cc(CNCCCN2CCCC2=O)ccc1OCc1csc(C)n1. The van der Waals surface area contributed by atoms with Crippen molar-refractivity contribution < 1.29 is 14.3 Å². The van der Waals surface area contributed by atoms with Gasteiger partial charge in [-0.1, -0.05) is 6.07 Å². The minimum atomic E-state index is 0.295. The third kappa shape index (κ3) is 5.68. The van der Waals surface area contributed by atoms with Gasteiger partial charge in [0.05, 0.1) is 17.8 Å². The van der Waals surface area contributed by atoms with Crippen LogP contribution in [0, 0.1) is 6.92 Å². The van der Waals surface area contributed by atoms with Crippen molar-refractivity contribution in [2.75, 3.05) is 26.7 Å². The van der Waals surface area contributed by atoms with Crippen molar-refractivity contribution in [2.45, 2.75) is 39.3 Å². The van der Waals surface area contributed by atoms with Crippen molar-refractivity contribution in [3.8, 4) is 11.5 Å². The standard InChI is InChI=1S/C20H27N3O3S/c1-15-22-17(14-27-15)13-26-18-7-6-16(11-19(18)25-2)12-21-8-4-10-23-9-3-5-20(23)24/h6-7,11,14,21H,3-5,8-10,12-13H2,1-2H3. The Hall–Kier alpha value is -2.12. The molecule has 1 N–H and O–H groups in total. The maximum absolute atomic E-state index is 11.6. The van der Waals surface area contributed by atoms with Gasteiger partial charge in [-0.25, -0.2) is 4.98 Å². The maximum Gasteiger partial charge on any atom is 0.222 e. The third-order valence-corrected chi connectivity index (χ3v) is 5.37. The van der Waals surface area contributed by atoms with E-state index in [0.29, 0.717) is 18.9 Å². The number of methoxy groups -OCH3 is 1. The molecule has 1 aromatic heterocycles. The van der Waals surface area contributed by atoms with Gasteiger partial charge in [-0.2, -0.15) is 0 Å². The van der Waals surface area contributed by atoms with E-state index >= 15 is 0 Å². The first-order valence-electron chi connectivity index (χ1n) is 9.35. The Kier molecular flexibility index (Phi) is 7.06. The van der Waals surface area contributed by atoms with E-state index in [9.17, 15) is 4.79 Å². The number of aryl methyl sites for hydroxylation is 1. The lowest BCUT2D eigenvalue weighted by Crippen LogP contribution is -2.28. The maximum atomic E-state index is 11.6. The molecule has 1 aromatic carbocycles. The van der Waals surface area contributed by atoms with Crippen LogP contribution in [0.1, 0.15) is 35.5 Å². The summed E-state index contributed by atoms with van der Waals surface area (Å²) in [6, 6.07) is 5.98. The molecule has 0 spiro atoms. The lowest BCUT2D eigenvalue weighted by atomic mass is 10.2. The van der Waals surface area contributed by atoms with E-state index < -0.39 is 0 Å².